The van der Waals surface area contributed by atoms with E-state index < -0.39 is 29.6 Å². The Labute approximate surface area is 105 Å². The summed E-state index contributed by atoms with van der Waals surface area (Å²) in [6.45, 7) is 7.88. The fourth-order valence-electron chi connectivity index (χ4n) is 0.808. The summed E-state index contributed by atoms with van der Waals surface area (Å²) in [5, 5.41) is 2.34. The van der Waals surface area contributed by atoms with Gasteiger partial charge in [0.2, 0.25) is 5.91 Å². The van der Waals surface area contributed by atoms with Gasteiger partial charge in [0.1, 0.15) is 11.6 Å². The van der Waals surface area contributed by atoms with Gasteiger partial charge in [-0.25, -0.2) is 4.79 Å². The molecule has 0 aromatic carbocycles. The van der Waals surface area contributed by atoms with Gasteiger partial charge in [-0.3, -0.25) is 20.4 Å². The Bertz CT molecular complexity index is 321. The van der Waals surface area contributed by atoms with Gasteiger partial charge in [-0.05, 0) is 27.7 Å². The van der Waals surface area contributed by atoms with Crippen LogP contribution in [0.3, 0.4) is 0 Å². The van der Waals surface area contributed by atoms with Crippen molar-refractivity contribution in [3.8, 4) is 0 Å². The van der Waals surface area contributed by atoms with Crippen molar-refractivity contribution in [2.45, 2.75) is 46.3 Å². The number of carbonyl (C=O) groups excluding carboxylic acids is 3. The lowest BCUT2D eigenvalue weighted by molar-refractivity contribution is -0.128. The Morgan fingerprint density at radius 1 is 1.18 bits per heavy atom. The van der Waals surface area contributed by atoms with Gasteiger partial charge in [0, 0.05) is 11.2 Å². The molecule has 0 fully saturated rings. The molecule has 3 N–H and O–H groups in total. The van der Waals surface area contributed by atoms with E-state index >= 15 is 0 Å². The van der Waals surface area contributed by atoms with Gasteiger partial charge in [-0.2, -0.15) is 0 Å². The highest BCUT2D eigenvalue weighted by Gasteiger charge is 2.20. The van der Waals surface area contributed by atoms with Gasteiger partial charge in [0.15, 0.2) is 0 Å². The van der Waals surface area contributed by atoms with Crippen molar-refractivity contribution >= 4 is 17.9 Å². The molecule has 0 unspecified atom stereocenters. The van der Waals surface area contributed by atoms with Crippen molar-refractivity contribution in [3.63, 3.8) is 0 Å². The highest BCUT2D eigenvalue weighted by atomic mass is 16.6. The highest BCUT2D eigenvalue weighted by molar-refractivity contribution is 5.87. The maximum Gasteiger partial charge on any atom is 0.408 e. The van der Waals surface area contributed by atoms with Crippen LogP contribution in [-0.2, 0) is 14.3 Å². The van der Waals surface area contributed by atoms with Gasteiger partial charge in [-0.1, -0.05) is 0 Å². The first-order valence-corrected chi connectivity index (χ1v) is 5.18. The third-order valence-electron chi connectivity index (χ3n) is 1.49. The van der Waals surface area contributed by atoms with E-state index in [2.05, 4.69) is 16.2 Å². The predicted molar refractivity (Wildman–Crippen MR) is 67.1 cm³/mol. The average molecular weight is 251 g/mol. The molecular weight excluding hydrogens is 226 g/mol. The number of nitrogens with one attached hydrogen (secondary N) is 3. The topological polar surface area (TPSA) is 96.5 Å². The third kappa shape index (κ3) is 8.06. The molecule has 0 aliphatic rings. The number of hydrazine groups is 1. The molecule has 3 amide bonds. The molecule has 0 spiro atoms. The Hall–Kier alpha value is -1.79. The van der Waals surface area contributed by atoms with E-state index in [-0.39, 0.29) is 4.28 Å². The molecule has 0 radical (unpaired) electrons. The Kier molecular flexibility index (Phi) is 5.43. The van der Waals surface area contributed by atoms with Crippen molar-refractivity contribution < 1.29 is 23.4 Å². The summed E-state index contributed by atoms with van der Waals surface area (Å²) in [6, 6.07) is -0.809. The van der Waals surface area contributed by atoms with E-state index in [1.54, 1.807) is 20.8 Å². The summed E-state index contributed by atoms with van der Waals surface area (Å²) < 4.78 is 4.97. The Balaban J connectivity index is -0.000000427. The summed E-state index contributed by atoms with van der Waals surface area (Å²) >= 11 is 0. The molecule has 104 valence electrons. The maximum atomic E-state index is 11.4. The summed E-state index contributed by atoms with van der Waals surface area (Å²) in [5.41, 5.74) is 3.63. The van der Waals surface area contributed by atoms with Crippen molar-refractivity contribution in [1.29, 1.82) is 0 Å². The molecule has 0 heterocycles. The fraction of sp³-hybridized carbons (Fsp3) is 0.700. The number of amides is 3. The van der Waals surface area contributed by atoms with Crippen LogP contribution >= 0.6 is 0 Å². The minimum absolute atomic E-state index is 0. The molecule has 7 nitrogen and oxygen atoms in total. The van der Waals surface area contributed by atoms with E-state index in [0.717, 1.165) is 0 Å². The first kappa shape index (κ1) is 15.2. The average Bonchev–Trinajstić information content (AvgIpc) is 2.10. The van der Waals surface area contributed by atoms with Crippen LogP contribution in [0.4, 0.5) is 4.79 Å². The Morgan fingerprint density at radius 3 is 2.12 bits per heavy atom. The zero-order valence-corrected chi connectivity index (χ0v) is 10.7. The van der Waals surface area contributed by atoms with Crippen LogP contribution in [0.15, 0.2) is 0 Å². The molecule has 17 heavy (non-hydrogen) atoms. The van der Waals surface area contributed by atoms with E-state index in [1.165, 1.54) is 13.8 Å². The van der Waals surface area contributed by atoms with Gasteiger partial charge >= 0.3 is 6.09 Å². The van der Waals surface area contributed by atoms with Crippen LogP contribution in [0.5, 0.6) is 0 Å². The molecule has 7 heteroatoms. The highest BCUT2D eigenvalue weighted by Crippen LogP contribution is 2.06. The molecule has 0 aliphatic carbocycles. The van der Waals surface area contributed by atoms with Gasteiger partial charge in [0.05, 0.1) is 0 Å². The number of carbonyl (C=O) groups is 3. The second kappa shape index (κ2) is 6.07. The molecule has 0 saturated carbocycles. The van der Waals surface area contributed by atoms with Crippen LogP contribution in [0.2, 0.25) is 0 Å². The summed E-state index contributed by atoms with van der Waals surface area (Å²) in [6.07, 6.45) is -0.692. The number of alkyl carbamates (subject to hydrolysis) is 1. The van der Waals surface area contributed by atoms with Crippen LogP contribution in [0.1, 0.15) is 38.9 Å². The van der Waals surface area contributed by atoms with E-state index in [4.69, 9.17) is 4.74 Å². The molecule has 0 bridgehead atoms. The lowest BCUT2D eigenvalue weighted by atomic mass is 10.2. The number of hydrogen-bond acceptors (Lipinski definition) is 4. The van der Waals surface area contributed by atoms with Crippen LogP contribution in [0, 0.1) is 0 Å². The zero-order chi connectivity index (χ0) is 13.6. The van der Waals surface area contributed by atoms with E-state index in [1.807, 2.05) is 0 Å². The molecule has 0 aliphatic heterocycles. The summed E-state index contributed by atoms with van der Waals surface area (Å²) in [7, 11) is 0. The van der Waals surface area contributed by atoms with Crippen molar-refractivity contribution in [2.24, 2.45) is 0 Å². The summed E-state index contributed by atoms with van der Waals surface area (Å²) in [4.78, 5) is 33.2. The largest absolute Gasteiger partial charge is 0.444 e. The SMILES string of the molecule is CC(=O)NNC(=O)[C@@H](C)NC(=O)OC(C)(C)C.[HH].[HH].[HH]. The van der Waals surface area contributed by atoms with Crippen molar-refractivity contribution in [1.82, 2.24) is 16.2 Å². The predicted octanol–water partition coefficient (Wildman–Crippen LogP) is 0.805. The fourth-order valence-corrected chi connectivity index (χ4v) is 0.808. The molecular formula is C10H25N3O4. The van der Waals surface area contributed by atoms with Crippen LogP contribution in [0.25, 0.3) is 0 Å². The second-order valence-electron chi connectivity index (χ2n) is 4.54. The Morgan fingerprint density at radius 2 is 1.71 bits per heavy atom. The van der Waals surface area contributed by atoms with Gasteiger partial charge < -0.3 is 10.1 Å². The standard InChI is InChI=1S/C10H19N3O4.3H2/c1-6(8(15)13-12-7(2)14)11-9(16)17-10(3,4)5;;;/h6H,1-5H3,(H,11,16)(H,12,14)(H,13,15);3*1H/t6-;;;/m1.../s1. The first-order chi connectivity index (χ1) is 7.61. The minimum atomic E-state index is -0.809. The number of rotatable bonds is 2. The first-order valence-electron chi connectivity index (χ1n) is 5.18. The molecule has 0 aromatic heterocycles. The van der Waals surface area contributed by atoms with Crippen LogP contribution in [-0.4, -0.2) is 29.6 Å². The molecule has 0 rings (SSSR count). The number of ether oxygens (including phenoxy) is 1. The zero-order valence-electron chi connectivity index (χ0n) is 10.7. The number of hydrogen-bond donors (Lipinski definition) is 3. The second-order valence-corrected chi connectivity index (χ2v) is 4.54. The van der Waals surface area contributed by atoms with E-state index in [0.29, 0.717) is 0 Å². The maximum absolute atomic E-state index is 11.4. The molecule has 1 atom stereocenters. The quantitative estimate of drug-likeness (QED) is 0.632. The smallest absolute Gasteiger partial charge is 0.408 e. The van der Waals surface area contributed by atoms with Crippen molar-refractivity contribution in [2.75, 3.05) is 0 Å². The van der Waals surface area contributed by atoms with Crippen LogP contribution < -0.4 is 16.2 Å². The van der Waals surface area contributed by atoms with Crippen molar-refractivity contribution in [3.05, 3.63) is 0 Å². The lowest BCUT2D eigenvalue weighted by Crippen LogP contribution is -2.51. The normalized spacial score (nSPS) is 12.3. The van der Waals surface area contributed by atoms with E-state index in [9.17, 15) is 14.4 Å². The third-order valence-corrected chi connectivity index (χ3v) is 1.49. The molecule has 0 saturated heterocycles. The van der Waals surface area contributed by atoms with Gasteiger partial charge in [-0.15, -0.1) is 0 Å². The van der Waals surface area contributed by atoms with Gasteiger partial charge in [0.25, 0.3) is 5.91 Å². The summed E-state index contributed by atoms with van der Waals surface area (Å²) in [5.74, 6) is -0.936. The minimum Gasteiger partial charge on any atom is -0.444 e. The molecule has 0 aromatic rings. The lowest BCUT2D eigenvalue weighted by Gasteiger charge is -2.21. The monoisotopic (exact) mass is 251 g/mol.